The fraction of sp³-hybridized carbons (Fsp3) is 0.386. The van der Waals surface area contributed by atoms with E-state index in [0.717, 1.165) is 122 Å². The quantitative estimate of drug-likeness (QED) is 0.0263. The Kier molecular flexibility index (Phi) is 37.4. The van der Waals surface area contributed by atoms with E-state index in [1.54, 1.807) is 128 Å². The maximum absolute atomic E-state index is 14.8. The molecule has 0 saturated carbocycles. The number of carbonyl (C=O) groups excluding carboxylic acids is 7. The number of carbonyl (C=O) groups is 7. The second kappa shape index (κ2) is 50.1. The Hall–Kier alpha value is -13.6. The first-order valence-electron chi connectivity index (χ1n) is 50.2. The van der Waals surface area contributed by atoms with E-state index in [0.29, 0.717) is 167 Å². The van der Waals surface area contributed by atoms with Crippen molar-refractivity contribution in [2.24, 2.45) is 0 Å². The van der Waals surface area contributed by atoms with Crippen LogP contribution in [0.5, 0.6) is 11.5 Å². The van der Waals surface area contributed by atoms with Gasteiger partial charge in [0.25, 0.3) is 41.4 Å². The molecule has 4 N–H and O–H groups in total. The van der Waals surface area contributed by atoms with Crippen molar-refractivity contribution in [2.75, 3.05) is 66.1 Å². The van der Waals surface area contributed by atoms with Crippen LogP contribution < -0.4 is 14.8 Å². The number of hydrogen-bond donors (Lipinski definition) is 4. The van der Waals surface area contributed by atoms with Gasteiger partial charge in [0.1, 0.15) is 17.3 Å². The summed E-state index contributed by atoms with van der Waals surface area (Å²) in [6.07, 6.45) is 7.72. The minimum atomic E-state index is -4.86. The molecule has 7 amide bonds. The lowest BCUT2D eigenvalue weighted by atomic mass is 9.93. The third-order valence-corrected chi connectivity index (χ3v) is 26.8. The van der Waals surface area contributed by atoms with Gasteiger partial charge in [0.2, 0.25) is 0 Å². The summed E-state index contributed by atoms with van der Waals surface area (Å²) < 4.78 is 68.7. The van der Waals surface area contributed by atoms with Gasteiger partial charge >= 0.3 is 6.36 Å². The van der Waals surface area contributed by atoms with Crippen molar-refractivity contribution in [1.29, 1.82) is 0 Å². The predicted molar refractivity (Wildman–Crippen MR) is 552 cm³/mol. The molecule has 760 valence electrons. The summed E-state index contributed by atoms with van der Waals surface area (Å²) >= 11 is 6.52. The highest BCUT2D eigenvalue weighted by Gasteiger charge is 2.38. The van der Waals surface area contributed by atoms with E-state index in [1.807, 2.05) is 133 Å². The lowest BCUT2D eigenvalue weighted by molar-refractivity contribution is -0.274. The summed E-state index contributed by atoms with van der Waals surface area (Å²) in [4.78, 5) is 108. The highest BCUT2D eigenvalue weighted by Crippen LogP contribution is 2.39. The Morgan fingerprint density at radius 2 is 0.722 bits per heavy atom. The van der Waals surface area contributed by atoms with Crippen LogP contribution in [-0.2, 0) is 38.9 Å². The van der Waals surface area contributed by atoms with Crippen molar-refractivity contribution in [2.45, 2.75) is 223 Å². The number of halogens is 5. The zero-order chi connectivity index (χ0) is 103. The van der Waals surface area contributed by atoms with E-state index in [9.17, 15) is 66.4 Å². The minimum absolute atomic E-state index is 0.123. The van der Waals surface area contributed by atoms with Crippen LogP contribution in [0.2, 0.25) is 5.02 Å². The standard InChI is InChI=1S/C39H47FN4O4.C38H44ClN5O4.C37H41F3N4O4/c1-6-8-16-42(17-9-7-2)39(47)36-18-27(5)44(41-36)37-15-14-29(31-19-32(40)23-34(21-31)48-26(3)4)22-35(37)38(46)43-24-30-13-11-10-12-28(30)20-33(43)25-45;1-5-7-17-42(18-8-6-2)38(48)34-19-25(3)44(41-34)35-16-14-27(28-13-15-31(33(39)22-28)36(46)40-4)21-32(35)37(47)43-23-29-12-10-9-11-26(29)20-30(43)24-45;1-4-6-17-42(18-7-5-2)36(47)33-19-25(3)44(41-33)34-16-15-28(27-13-10-14-31(21-27)48-37(38,39)40)22-32(34)35(46)43-23-29-12-9-8-11-26(29)20-30(43)24-45/h10-15,18-19,21-23,26,33,45H,6-9,16-17,20,24-25H2,1-5H3;9-16,19,21-22,30,45H,5-8,17-18,20,23-24H2,1-4H3,(H,40,46);8-16,19,21-22,30,45H,4-7,17-18,20,23-24H2,1-3H3/t33-;2*30-/m000/s1. The van der Waals surface area contributed by atoms with Gasteiger partial charge in [-0.2, -0.15) is 15.3 Å². The number of aryl methyl sites for hydroxylation is 3. The maximum atomic E-state index is 14.8. The number of unbranched alkanes of at least 4 members (excludes halogenated alkanes) is 6. The smallest absolute Gasteiger partial charge is 0.491 e. The summed E-state index contributed by atoms with van der Waals surface area (Å²) in [5, 5.41) is 48.3. The maximum Gasteiger partial charge on any atom is 0.573 e. The predicted octanol–water partition coefficient (Wildman–Crippen LogP) is 21.2. The first-order chi connectivity index (χ1) is 69.3. The third kappa shape index (κ3) is 26.1. The Bertz CT molecular complexity index is 6510. The summed E-state index contributed by atoms with van der Waals surface area (Å²) in [6, 6.07) is 58.7. The summed E-state index contributed by atoms with van der Waals surface area (Å²) in [5.41, 5.74) is 15.5. The average Bonchev–Trinajstić information content (AvgIpc) is 1.33. The molecule has 9 aromatic carbocycles. The van der Waals surface area contributed by atoms with Crippen molar-refractivity contribution in [3.05, 3.63) is 307 Å². The molecule has 0 unspecified atom stereocenters. The van der Waals surface area contributed by atoms with E-state index < -0.39 is 30.3 Å². The van der Waals surface area contributed by atoms with Crippen molar-refractivity contribution in [3.63, 3.8) is 0 Å². The number of ether oxygens (including phenoxy) is 2. The number of benzene rings is 9. The molecule has 30 heteroatoms. The van der Waals surface area contributed by atoms with Crippen molar-refractivity contribution in [1.82, 2.24) is 64.1 Å². The molecule has 0 spiro atoms. The Balaban J connectivity index is 0.000000181. The first-order valence-corrected chi connectivity index (χ1v) is 50.6. The highest BCUT2D eigenvalue weighted by atomic mass is 35.5. The van der Waals surface area contributed by atoms with Gasteiger partial charge in [0, 0.05) is 89.1 Å². The van der Waals surface area contributed by atoms with Crippen LogP contribution in [0.3, 0.4) is 0 Å². The molecule has 3 aliphatic rings. The number of nitrogens with one attached hydrogen (secondary N) is 1. The van der Waals surface area contributed by atoms with Gasteiger partial charge in [0.05, 0.1) is 88.4 Å². The molecule has 25 nitrogen and oxygen atoms in total. The van der Waals surface area contributed by atoms with E-state index in [1.165, 1.54) is 30.3 Å². The zero-order valence-electron chi connectivity index (χ0n) is 84.3. The van der Waals surface area contributed by atoms with E-state index in [4.69, 9.17) is 31.6 Å². The Morgan fingerprint density at radius 3 is 1.04 bits per heavy atom. The molecule has 3 atom stereocenters. The molecule has 0 bridgehead atoms. The molecule has 12 aromatic rings. The number of aromatic nitrogens is 6. The van der Waals surface area contributed by atoms with Gasteiger partial charge in [0.15, 0.2) is 17.1 Å². The lowest BCUT2D eigenvalue weighted by Gasteiger charge is -2.36. The number of fused-ring (bicyclic) bond motifs is 3. The van der Waals surface area contributed by atoms with Crippen LogP contribution in [-0.4, -0.2) is 212 Å². The second-order valence-corrected chi connectivity index (χ2v) is 37.8. The van der Waals surface area contributed by atoms with Crippen LogP contribution in [0, 0.1) is 26.6 Å². The molecular formula is C114H132ClF4N13O12. The number of nitrogens with zero attached hydrogens (tertiary/aromatic N) is 12. The second-order valence-electron chi connectivity index (χ2n) is 37.4. The number of hydrogen-bond acceptors (Lipinski definition) is 15. The number of aliphatic hydroxyl groups excluding tert-OH is 3. The van der Waals surface area contributed by atoms with Crippen LogP contribution >= 0.6 is 11.6 Å². The third-order valence-electron chi connectivity index (χ3n) is 26.5. The van der Waals surface area contributed by atoms with Gasteiger partial charge in [-0.1, -0.05) is 201 Å². The molecule has 0 saturated heterocycles. The largest absolute Gasteiger partial charge is 0.573 e. The van der Waals surface area contributed by atoms with Gasteiger partial charge in [-0.05, 0) is 250 Å². The topological polar surface area (TPSA) is 284 Å². The Labute approximate surface area is 845 Å². The van der Waals surface area contributed by atoms with Crippen molar-refractivity contribution >= 4 is 53.0 Å². The van der Waals surface area contributed by atoms with Gasteiger partial charge in [-0.25, -0.2) is 18.4 Å². The zero-order valence-corrected chi connectivity index (χ0v) is 85.1. The molecular weight excluding hydrogens is 1850 g/mol. The molecule has 3 aromatic heterocycles. The van der Waals surface area contributed by atoms with Gasteiger partial charge in [-0.15, -0.1) is 13.2 Å². The van der Waals surface area contributed by atoms with Crippen LogP contribution in [0.15, 0.2) is 206 Å². The van der Waals surface area contributed by atoms with E-state index >= 15 is 0 Å². The highest BCUT2D eigenvalue weighted by molar-refractivity contribution is 6.34. The van der Waals surface area contributed by atoms with Crippen molar-refractivity contribution < 1.29 is 75.9 Å². The van der Waals surface area contributed by atoms with Crippen molar-refractivity contribution in [3.8, 4) is 61.9 Å². The molecule has 15 rings (SSSR count). The monoisotopic (exact) mass is 1990 g/mol. The molecule has 6 heterocycles. The molecule has 0 fully saturated rings. The van der Waals surface area contributed by atoms with Crippen LogP contribution in [0.25, 0.3) is 50.4 Å². The summed E-state index contributed by atoms with van der Waals surface area (Å²) in [5.74, 6) is -2.09. The van der Waals surface area contributed by atoms with E-state index in [2.05, 4.69) is 51.6 Å². The Morgan fingerprint density at radius 1 is 0.403 bits per heavy atom. The fourth-order valence-corrected chi connectivity index (χ4v) is 18.9. The number of rotatable bonds is 37. The summed E-state index contributed by atoms with van der Waals surface area (Å²) in [6.45, 7) is 26.1. The normalized spacial score (nSPS) is 14.3. The van der Waals surface area contributed by atoms with E-state index in [-0.39, 0.29) is 90.8 Å². The fourth-order valence-electron chi connectivity index (χ4n) is 18.6. The minimum Gasteiger partial charge on any atom is -0.491 e. The SMILES string of the molecule is CCCCN(CCCC)C(=O)c1cc(C)n(-c2ccc(-c3cc(F)cc(OC(C)C)c3)cc2C(=O)N2Cc3ccccc3C[C@H]2CO)n1.CCCCN(CCCC)C(=O)c1cc(C)n(-c2ccc(-c3ccc(C(=O)NC)c(Cl)c3)cc2C(=O)N2Cc3ccccc3C[C@H]2CO)n1.CCCCN(CCCC)C(=O)c1cc(C)n(-c2ccc(-c3cccc(OC(F)(F)F)c3)cc2C(=O)N2Cc3ccccc3C[C@H]2CO)n1. The average molecular weight is 1990 g/mol. The molecule has 3 aliphatic heterocycles. The lowest BCUT2D eigenvalue weighted by Crippen LogP contribution is -2.46. The number of amides is 7. The number of alkyl halides is 3. The molecule has 144 heavy (non-hydrogen) atoms. The van der Waals surface area contributed by atoms with Crippen LogP contribution in [0.4, 0.5) is 17.6 Å². The van der Waals surface area contributed by atoms with Gasteiger partial charge in [-0.3, -0.25) is 33.6 Å². The summed E-state index contributed by atoms with van der Waals surface area (Å²) in [7, 11) is 1.55. The van der Waals surface area contributed by atoms with Crippen LogP contribution in [0.1, 0.15) is 256 Å². The van der Waals surface area contributed by atoms with Gasteiger partial charge < -0.3 is 59.5 Å². The first kappa shape index (κ1) is 108. The number of aliphatic hydroxyl groups is 3. The molecule has 0 radical (unpaired) electrons. The molecule has 0 aliphatic carbocycles.